The van der Waals surface area contributed by atoms with Crippen molar-refractivity contribution in [2.75, 3.05) is 6.54 Å². The van der Waals surface area contributed by atoms with E-state index in [9.17, 15) is 14.4 Å². The minimum Gasteiger partial charge on any atom is -0.480 e. The van der Waals surface area contributed by atoms with Crippen molar-refractivity contribution in [1.82, 2.24) is 5.32 Å². The summed E-state index contributed by atoms with van der Waals surface area (Å²) in [5, 5.41) is 11.1. The Labute approximate surface area is 320 Å². The van der Waals surface area contributed by atoms with Gasteiger partial charge in [-0.15, -0.1) is 0 Å². The van der Waals surface area contributed by atoms with E-state index >= 15 is 0 Å². The number of carboxylic acid groups (broad SMARTS) is 1. The Morgan fingerprint density at radius 2 is 0.923 bits per heavy atom. The fraction of sp³-hybridized carbons (Fsp3) is 0.717. The average molecular weight is 726 g/mol. The van der Waals surface area contributed by atoms with Crippen LogP contribution in [0.15, 0.2) is 60.8 Å². The van der Waals surface area contributed by atoms with Crippen molar-refractivity contribution in [2.24, 2.45) is 0 Å². The largest absolute Gasteiger partial charge is 0.480 e. The molecule has 0 saturated carbocycles. The Kier molecular flexibility index (Phi) is 38.6. The van der Waals surface area contributed by atoms with E-state index in [2.05, 4.69) is 67.8 Å². The molecular formula is C46H79NO5. The molecule has 0 aromatic rings. The second kappa shape index (κ2) is 40.9. The summed E-state index contributed by atoms with van der Waals surface area (Å²) in [6.07, 6.45) is 53.6. The Balaban J connectivity index is 4.19. The molecule has 0 aromatic heterocycles. The zero-order valence-corrected chi connectivity index (χ0v) is 33.6. The second-order valence-corrected chi connectivity index (χ2v) is 14.2. The van der Waals surface area contributed by atoms with Crippen LogP contribution in [0.5, 0.6) is 0 Å². The number of ether oxygens (including phenoxy) is 1. The zero-order valence-electron chi connectivity index (χ0n) is 33.6. The van der Waals surface area contributed by atoms with Crippen LogP contribution in [0.25, 0.3) is 0 Å². The van der Waals surface area contributed by atoms with Crippen LogP contribution in [0.1, 0.15) is 200 Å². The third-order valence-corrected chi connectivity index (χ3v) is 9.19. The molecule has 0 aliphatic heterocycles. The Bertz CT molecular complexity index is 979. The average Bonchev–Trinajstić information content (AvgIpc) is 3.13. The lowest BCUT2D eigenvalue weighted by molar-refractivity contribution is -0.147. The molecule has 0 aromatic carbocycles. The molecule has 0 fully saturated rings. The molecule has 0 aliphatic carbocycles. The van der Waals surface area contributed by atoms with Crippen LogP contribution in [0.4, 0.5) is 0 Å². The fourth-order valence-corrected chi connectivity index (χ4v) is 6.05. The number of carboxylic acids is 1. The predicted octanol–water partition coefficient (Wildman–Crippen LogP) is 13.2. The molecule has 1 atom stereocenters. The van der Waals surface area contributed by atoms with Crippen molar-refractivity contribution in [3.63, 3.8) is 0 Å². The summed E-state index contributed by atoms with van der Waals surface area (Å²) in [6.45, 7) is 4.06. The first-order chi connectivity index (χ1) is 25.5. The number of nitrogens with one attached hydrogen (secondary N) is 1. The third kappa shape index (κ3) is 39.9. The van der Waals surface area contributed by atoms with Gasteiger partial charge in [-0.05, 0) is 63.9 Å². The smallest absolute Gasteiger partial charge is 0.322 e. The summed E-state index contributed by atoms with van der Waals surface area (Å²) in [4.78, 5) is 35.2. The number of hydrogen-bond acceptors (Lipinski definition) is 4. The van der Waals surface area contributed by atoms with Crippen LogP contribution in [0.3, 0.4) is 0 Å². The van der Waals surface area contributed by atoms with Crippen molar-refractivity contribution in [3.8, 4) is 0 Å². The van der Waals surface area contributed by atoms with Gasteiger partial charge in [0.25, 0.3) is 0 Å². The first-order valence-electron chi connectivity index (χ1n) is 21.4. The van der Waals surface area contributed by atoms with E-state index in [-0.39, 0.29) is 30.9 Å². The number of unbranched alkanes of at least 4 members (excludes halogenated alkanes) is 19. The number of carbonyl (C=O) groups excluding carboxylic acids is 2. The maximum Gasteiger partial charge on any atom is 0.322 e. The Morgan fingerprint density at radius 1 is 0.519 bits per heavy atom. The highest BCUT2D eigenvalue weighted by molar-refractivity contribution is 5.80. The van der Waals surface area contributed by atoms with Crippen molar-refractivity contribution in [1.29, 1.82) is 0 Å². The van der Waals surface area contributed by atoms with Crippen LogP contribution in [0.2, 0.25) is 0 Å². The maximum atomic E-state index is 12.7. The van der Waals surface area contributed by atoms with Gasteiger partial charge in [0, 0.05) is 12.8 Å². The summed E-state index contributed by atoms with van der Waals surface area (Å²) in [5.74, 6) is -1.48. The molecule has 1 amide bonds. The van der Waals surface area contributed by atoms with E-state index in [0.717, 1.165) is 44.9 Å². The first-order valence-corrected chi connectivity index (χ1v) is 21.4. The summed E-state index contributed by atoms with van der Waals surface area (Å²) in [5.41, 5.74) is 0. The number of esters is 1. The minimum absolute atomic E-state index is 0.156. The van der Waals surface area contributed by atoms with Crippen molar-refractivity contribution in [2.45, 2.75) is 206 Å². The van der Waals surface area contributed by atoms with Crippen LogP contribution in [-0.2, 0) is 19.1 Å². The Hall–Kier alpha value is -2.89. The normalized spacial score (nSPS) is 12.7. The molecule has 52 heavy (non-hydrogen) atoms. The number of rotatable bonds is 38. The summed E-state index contributed by atoms with van der Waals surface area (Å²) in [7, 11) is 0. The van der Waals surface area contributed by atoms with Gasteiger partial charge in [-0.25, -0.2) is 0 Å². The molecule has 0 rings (SSSR count). The van der Waals surface area contributed by atoms with Gasteiger partial charge in [0.05, 0.1) is 0 Å². The van der Waals surface area contributed by atoms with E-state index in [1.807, 2.05) is 12.2 Å². The summed E-state index contributed by atoms with van der Waals surface area (Å²) < 4.78 is 5.84. The Morgan fingerprint density at radius 3 is 1.37 bits per heavy atom. The molecule has 298 valence electrons. The zero-order chi connectivity index (χ0) is 38.0. The van der Waals surface area contributed by atoms with Gasteiger partial charge in [0.15, 0.2) is 0 Å². The monoisotopic (exact) mass is 726 g/mol. The highest BCUT2D eigenvalue weighted by atomic mass is 16.5. The lowest BCUT2D eigenvalue weighted by Crippen LogP contribution is -2.28. The number of hydrogen-bond donors (Lipinski definition) is 2. The molecule has 6 nitrogen and oxygen atoms in total. The van der Waals surface area contributed by atoms with Crippen LogP contribution < -0.4 is 5.32 Å². The van der Waals surface area contributed by atoms with E-state index in [4.69, 9.17) is 9.84 Å². The molecule has 6 heteroatoms. The highest BCUT2D eigenvalue weighted by Crippen LogP contribution is 2.16. The molecular weight excluding hydrogens is 647 g/mol. The van der Waals surface area contributed by atoms with E-state index in [1.54, 1.807) is 0 Å². The summed E-state index contributed by atoms with van der Waals surface area (Å²) in [6, 6.07) is 0. The molecule has 0 bridgehead atoms. The fourth-order valence-electron chi connectivity index (χ4n) is 6.05. The molecule has 0 spiro atoms. The topological polar surface area (TPSA) is 92.7 Å². The van der Waals surface area contributed by atoms with Crippen molar-refractivity contribution < 1.29 is 24.2 Å². The predicted molar refractivity (Wildman–Crippen MR) is 221 cm³/mol. The molecule has 0 heterocycles. The van der Waals surface area contributed by atoms with Gasteiger partial charge in [-0.2, -0.15) is 0 Å². The van der Waals surface area contributed by atoms with E-state index in [0.29, 0.717) is 25.7 Å². The summed E-state index contributed by atoms with van der Waals surface area (Å²) >= 11 is 0. The van der Waals surface area contributed by atoms with Crippen LogP contribution >= 0.6 is 0 Å². The van der Waals surface area contributed by atoms with E-state index < -0.39 is 5.97 Å². The first kappa shape index (κ1) is 49.1. The van der Waals surface area contributed by atoms with Gasteiger partial charge in [0.1, 0.15) is 12.6 Å². The molecule has 0 radical (unpaired) electrons. The molecule has 0 aliphatic rings. The number of carbonyl (C=O) groups is 3. The number of aliphatic carboxylic acids is 1. The van der Waals surface area contributed by atoms with Crippen molar-refractivity contribution in [3.05, 3.63) is 60.8 Å². The quantitative estimate of drug-likeness (QED) is 0.0375. The molecule has 0 saturated heterocycles. The highest BCUT2D eigenvalue weighted by Gasteiger charge is 2.12. The van der Waals surface area contributed by atoms with Crippen molar-refractivity contribution >= 4 is 17.8 Å². The lowest BCUT2D eigenvalue weighted by Gasteiger charge is -2.14. The van der Waals surface area contributed by atoms with Gasteiger partial charge >= 0.3 is 11.9 Å². The SMILES string of the molecule is CC/C=C\C/C=C\C/C=C\C/C=C\C/C=C\C(CCCCC(=O)NCC(=O)O)OC(=O)CCCCCCCCCCCCCCCCCCCCC. The van der Waals surface area contributed by atoms with Gasteiger partial charge in [-0.1, -0.05) is 184 Å². The minimum atomic E-state index is -1.05. The molecule has 1 unspecified atom stereocenters. The van der Waals surface area contributed by atoms with Crippen LogP contribution in [-0.4, -0.2) is 35.6 Å². The van der Waals surface area contributed by atoms with Gasteiger partial charge < -0.3 is 15.2 Å². The molecule has 2 N–H and O–H groups in total. The standard InChI is InChI=1S/C46H79NO5/c1-3-5-7-9-11-13-15-17-19-20-21-22-23-25-27-29-31-33-35-41-46(51)52-43(39-36-37-40-44(48)47-42-45(49)50)38-34-32-30-28-26-24-18-16-14-12-10-8-6-4-2/h6,8,12,14,18,24,28,30,34,38,43H,3-5,7,9-11,13,15-17,19-23,25-27,29,31-33,35-37,39-42H2,1-2H3,(H,47,48)(H,49,50)/b8-6-,14-12-,24-18-,30-28-,38-34-. The number of allylic oxidation sites excluding steroid dienone is 9. The van der Waals surface area contributed by atoms with Gasteiger partial charge in [-0.3, -0.25) is 14.4 Å². The number of amides is 1. The third-order valence-electron chi connectivity index (χ3n) is 9.19. The van der Waals surface area contributed by atoms with Crippen LogP contribution in [0, 0.1) is 0 Å². The van der Waals surface area contributed by atoms with Gasteiger partial charge in [0.2, 0.25) is 5.91 Å². The maximum absolute atomic E-state index is 12.7. The van der Waals surface area contributed by atoms with E-state index in [1.165, 1.54) is 109 Å². The lowest BCUT2D eigenvalue weighted by atomic mass is 10.0. The second-order valence-electron chi connectivity index (χ2n) is 14.2.